The molecule has 0 saturated carbocycles. The summed E-state index contributed by atoms with van der Waals surface area (Å²) in [5.74, 6) is 0. The number of allylic oxidation sites excluding steroid dienone is 2. The van der Waals surface area contributed by atoms with Gasteiger partial charge in [-0.2, -0.15) is 0 Å². The summed E-state index contributed by atoms with van der Waals surface area (Å²) < 4.78 is 0. The van der Waals surface area contributed by atoms with Gasteiger partial charge in [-0.3, -0.25) is 4.99 Å². The molecular formula is C59H100N2. The Morgan fingerprint density at radius 1 is 0.361 bits per heavy atom. The first-order chi connectivity index (χ1) is 30.1. The van der Waals surface area contributed by atoms with Crippen LogP contribution in [-0.4, -0.2) is 11.4 Å². The molecule has 0 fully saturated rings. The van der Waals surface area contributed by atoms with Gasteiger partial charge in [0, 0.05) is 0 Å². The lowest BCUT2D eigenvalue weighted by molar-refractivity contribution is 0.516. The van der Waals surface area contributed by atoms with Gasteiger partial charge in [0.05, 0.1) is 22.8 Å². The van der Waals surface area contributed by atoms with Crippen molar-refractivity contribution in [3.05, 3.63) is 70.8 Å². The van der Waals surface area contributed by atoms with Crippen LogP contribution in [-0.2, 0) is 25.7 Å². The second-order valence-electron chi connectivity index (χ2n) is 18.7. The van der Waals surface area contributed by atoms with E-state index in [0.717, 1.165) is 87.0 Å². The minimum atomic E-state index is 0.953. The van der Waals surface area contributed by atoms with E-state index in [9.17, 15) is 0 Å². The van der Waals surface area contributed by atoms with E-state index in [-0.39, 0.29) is 0 Å². The van der Waals surface area contributed by atoms with E-state index in [1.165, 1.54) is 196 Å². The number of aliphatic imine (C=N–C) groups is 2. The van der Waals surface area contributed by atoms with Crippen molar-refractivity contribution in [2.75, 3.05) is 0 Å². The van der Waals surface area contributed by atoms with Crippen LogP contribution in [0.3, 0.4) is 0 Å². The summed E-state index contributed by atoms with van der Waals surface area (Å²) in [4.78, 5) is 10.8. The Bertz CT molecular complexity index is 1410. The maximum Gasteiger partial charge on any atom is 0.0848 e. The lowest BCUT2D eigenvalue weighted by Gasteiger charge is -2.12. The molecule has 0 aliphatic rings. The molecule has 0 saturated heterocycles. The van der Waals surface area contributed by atoms with Gasteiger partial charge in [-0.1, -0.05) is 246 Å². The SMILES string of the molecule is CCCCCCCCCCCCCCCCCCCCCCCCCCCC=CC(=Nc1ccc(CCC)c(CCC)c1)C(CCCC)=Nc1ccc(CCC)c(CCC)c1. The molecule has 2 heteroatoms. The Labute approximate surface area is 381 Å². The number of benzene rings is 2. The predicted octanol–water partition coefficient (Wildman–Crippen LogP) is 20.3. The molecule has 2 rings (SSSR count). The first-order valence-electron chi connectivity index (χ1n) is 27.2. The number of aryl methyl sites for hydroxylation is 4. The predicted molar refractivity (Wildman–Crippen MR) is 277 cm³/mol. The van der Waals surface area contributed by atoms with E-state index in [1.54, 1.807) is 0 Å². The van der Waals surface area contributed by atoms with Crippen LogP contribution in [0.2, 0.25) is 0 Å². The van der Waals surface area contributed by atoms with E-state index < -0.39 is 0 Å². The van der Waals surface area contributed by atoms with Gasteiger partial charge in [0.2, 0.25) is 0 Å². The van der Waals surface area contributed by atoms with Crippen molar-refractivity contribution in [3.8, 4) is 0 Å². The average molecular weight is 837 g/mol. The summed E-state index contributed by atoms with van der Waals surface area (Å²) in [6, 6.07) is 13.9. The zero-order valence-corrected chi connectivity index (χ0v) is 41.7. The molecule has 0 unspecified atom stereocenters. The Kier molecular flexibility index (Phi) is 35.1. The minimum absolute atomic E-state index is 0.953. The fourth-order valence-electron chi connectivity index (χ4n) is 9.07. The number of hydrogen-bond acceptors (Lipinski definition) is 2. The minimum Gasteiger partial charge on any atom is -0.251 e. The van der Waals surface area contributed by atoms with Gasteiger partial charge in [0.1, 0.15) is 0 Å². The molecule has 346 valence electrons. The Morgan fingerprint density at radius 2 is 0.705 bits per heavy atom. The van der Waals surface area contributed by atoms with Crippen molar-refractivity contribution in [1.82, 2.24) is 0 Å². The van der Waals surface area contributed by atoms with Crippen LogP contribution < -0.4 is 0 Å². The first kappa shape index (κ1) is 54.7. The van der Waals surface area contributed by atoms with Crippen LogP contribution in [0, 0.1) is 0 Å². The second kappa shape index (κ2) is 39.1. The Balaban J connectivity index is 1.78. The van der Waals surface area contributed by atoms with Crippen molar-refractivity contribution >= 4 is 22.8 Å². The lowest BCUT2D eigenvalue weighted by Crippen LogP contribution is -2.12. The normalized spacial score (nSPS) is 12.4. The zero-order chi connectivity index (χ0) is 43.9. The fraction of sp³-hybridized carbons (Fsp3) is 0.729. The molecule has 61 heavy (non-hydrogen) atoms. The third kappa shape index (κ3) is 27.3. The van der Waals surface area contributed by atoms with Crippen LogP contribution in [0.15, 0.2) is 58.5 Å². The third-order valence-electron chi connectivity index (χ3n) is 12.8. The van der Waals surface area contributed by atoms with Gasteiger partial charge >= 0.3 is 0 Å². The third-order valence-corrected chi connectivity index (χ3v) is 12.8. The topological polar surface area (TPSA) is 24.7 Å². The summed E-state index contributed by atoms with van der Waals surface area (Å²) in [5, 5.41) is 0. The van der Waals surface area contributed by atoms with Crippen molar-refractivity contribution in [1.29, 1.82) is 0 Å². The highest BCUT2D eigenvalue weighted by Crippen LogP contribution is 2.26. The highest BCUT2D eigenvalue weighted by Gasteiger charge is 2.11. The van der Waals surface area contributed by atoms with E-state index in [2.05, 4.69) is 90.1 Å². The van der Waals surface area contributed by atoms with Gasteiger partial charge in [0.15, 0.2) is 0 Å². The molecule has 0 aromatic heterocycles. The molecule has 2 nitrogen and oxygen atoms in total. The molecule has 0 spiro atoms. The summed E-state index contributed by atoms with van der Waals surface area (Å²) in [7, 11) is 0. The monoisotopic (exact) mass is 837 g/mol. The molecule has 0 aliphatic heterocycles. The van der Waals surface area contributed by atoms with Gasteiger partial charge < -0.3 is 0 Å². The largest absolute Gasteiger partial charge is 0.251 e. The van der Waals surface area contributed by atoms with E-state index >= 15 is 0 Å². The molecule has 0 radical (unpaired) electrons. The maximum absolute atomic E-state index is 5.39. The average Bonchev–Trinajstić information content (AvgIpc) is 3.26. The summed E-state index contributed by atoms with van der Waals surface area (Å²) >= 11 is 0. The summed E-state index contributed by atoms with van der Waals surface area (Å²) in [6.45, 7) is 13.7. The molecule has 2 aromatic carbocycles. The zero-order valence-electron chi connectivity index (χ0n) is 41.7. The molecule has 0 aliphatic carbocycles. The Hall–Kier alpha value is -2.48. The molecule has 2 aromatic rings. The van der Waals surface area contributed by atoms with Crippen LogP contribution in [0.5, 0.6) is 0 Å². The van der Waals surface area contributed by atoms with E-state index in [1.807, 2.05) is 0 Å². The highest BCUT2D eigenvalue weighted by molar-refractivity contribution is 6.47. The van der Waals surface area contributed by atoms with Crippen LogP contribution in [0.25, 0.3) is 0 Å². The van der Waals surface area contributed by atoms with Crippen molar-refractivity contribution in [2.24, 2.45) is 9.98 Å². The molecule has 0 heterocycles. The quantitative estimate of drug-likeness (QED) is 0.0471. The fourth-order valence-corrected chi connectivity index (χ4v) is 9.07. The molecule has 0 amide bonds. The molecular weight excluding hydrogens is 737 g/mol. The Morgan fingerprint density at radius 3 is 1.08 bits per heavy atom. The van der Waals surface area contributed by atoms with Gasteiger partial charge in [-0.25, -0.2) is 4.99 Å². The first-order valence-corrected chi connectivity index (χ1v) is 27.2. The molecule has 0 atom stereocenters. The highest BCUT2D eigenvalue weighted by atomic mass is 14.8. The van der Waals surface area contributed by atoms with E-state index in [0.29, 0.717) is 0 Å². The number of hydrogen-bond donors (Lipinski definition) is 0. The van der Waals surface area contributed by atoms with Gasteiger partial charge in [-0.05, 0) is 104 Å². The van der Waals surface area contributed by atoms with Crippen LogP contribution in [0.1, 0.15) is 276 Å². The van der Waals surface area contributed by atoms with Crippen molar-refractivity contribution in [2.45, 2.75) is 279 Å². The van der Waals surface area contributed by atoms with E-state index in [4.69, 9.17) is 9.98 Å². The standard InChI is InChI=1S/C59H100N2/c1-7-13-15-16-17-18-19-20-21-22-23-24-25-26-27-28-29-30-31-32-33-34-35-36-37-38-39-45-59(61-57-49-47-53(41-10-4)55(51-57)43-12-6)58(44-14-8-2)60-56-48-46-52(40-9-3)54(50-56)42-11-5/h39,45-51H,7-38,40-44H2,1-6H3. The summed E-state index contributed by atoms with van der Waals surface area (Å²) in [5.41, 5.74) is 10.2. The number of nitrogens with zero attached hydrogens (tertiary/aromatic N) is 2. The van der Waals surface area contributed by atoms with Crippen molar-refractivity contribution < 1.29 is 0 Å². The van der Waals surface area contributed by atoms with Gasteiger partial charge in [0.25, 0.3) is 0 Å². The molecule has 0 N–H and O–H groups in total. The van der Waals surface area contributed by atoms with Gasteiger partial charge in [-0.15, -0.1) is 0 Å². The van der Waals surface area contributed by atoms with Crippen LogP contribution in [0.4, 0.5) is 11.4 Å². The van der Waals surface area contributed by atoms with Crippen molar-refractivity contribution in [3.63, 3.8) is 0 Å². The number of rotatable bonds is 41. The maximum atomic E-state index is 5.39. The summed E-state index contributed by atoms with van der Waals surface area (Å²) in [6.07, 6.45) is 54.2. The second-order valence-corrected chi connectivity index (χ2v) is 18.7. The smallest absolute Gasteiger partial charge is 0.0848 e. The molecule has 0 bridgehead atoms. The number of unbranched alkanes of at least 4 members (excludes halogenated alkanes) is 26. The lowest BCUT2D eigenvalue weighted by atomic mass is 9.98. The van der Waals surface area contributed by atoms with Crippen LogP contribution >= 0.6 is 0 Å².